The molecule has 1 rings (SSSR count). The van der Waals surface area contributed by atoms with Crippen LogP contribution in [0.3, 0.4) is 0 Å². The second-order valence-electron chi connectivity index (χ2n) is 5.33. The van der Waals surface area contributed by atoms with Crippen LogP contribution in [0.1, 0.15) is 59.3 Å². The van der Waals surface area contributed by atoms with Gasteiger partial charge in [0, 0.05) is 0 Å². The van der Waals surface area contributed by atoms with E-state index in [4.69, 9.17) is 3.07 Å². The first-order chi connectivity index (χ1) is 9.33. The summed E-state index contributed by atoms with van der Waals surface area (Å²) in [7, 11) is 0. The van der Waals surface area contributed by atoms with Gasteiger partial charge in [-0.25, -0.2) is 0 Å². The maximum atomic E-state index is 6.29. The van der Waals surface area contributed by atoms with E-state index in [1.807, 2.05) is 0 Å². The van der Waals surface area contributed by atoms with Crippen LogP contribution >= 0.6 is 0 Å². The predicted molar refractivity (Wildman–Crippen MR) is 87.7 cm³/mol. The van der Waals surface area contributed by atoms with E-state index in [1.54, 1.807) is 3.58 Å². The van der Waals surface area contributed by atoms with Crippen molar-refractivity contribution in [2.75, 3.05) is 6.61 Å². The predicted octanol–water partition coefficient (Wildman–Crippen LogP) is 4.40. The van der Waals surface area contributed by atoms with Crippen LogP contribution in [-0.2, 0) is 3.07 Å². The maximum absolute atomic E-state index is 6.29. The topological polar surface area (TPSA) is 9.23 Å². The Balaban J connectivity index is 2.77. The number of unbranched alkanes of at least 4 members (excludes halogenated alkanes) is 2. The van der Waals surface area contributed by atoms with Gasteiger partial charge in [0.1, 0.15) is 0 Å². The fourth-order valence-electron chi connectivity index (χ4n) is 2.71. The van der Waals surface area contributed by atoms with Crippen molar-refractivity contribution >= 4 is 23.8 Å². The van der Waals surface area contributed by atoms with Crippen LogP contribution in [0.4, 0.5) is 0 Å². The van der Waals surface area contributed by atoms with E-state index in [1.165, 1.54) is 38.5 Å². The van der Waals surface area contributed by atoms with E-state index >= 15 is 0 Å². The Morgan fingerprint density at radius 3 is 2.00 bits per heavy atom. The Morgan fingerprint density at radius 1 is 0.947 bits per heavy atom. The zero-order chi connectivity index (χ0) is 13.9. The zero-order valence-electron chi connectivity index (χ0n) is 12.9. The number of hydrogen-bond donors (Lipinski definition) is 0. The molecule has 0 aromatic heterocycles. The van der Waals surface area contributed by atoms with Gasteiger partial charge in [-0.3, -0.25) is 0 Å². The van der Waals surface area contributed by atoms with E-state index in [9.17, 15) is 0 Å². The first kappa shape index (κ1) is 17.0. The second-order valence-corrected chi connectivity index (χ2v) is 13.3. The standard InChI is InChI=1S/C9H19.C6H5.C2H5O.Sn.H/c1-3-5-7-9-8-6-4-2;1-2-4-6-5-3-1;1-2-3;;/h9H,3-8H2,1-2H3;1-5H;2H2,1H3;;/q;;-1;+1;. The number of rotatable bonds is 10. The van der Waals surface area contributed by atoms with Crippen molar-refractivity contribution < 1.29 is 3.07 Å². The Labute approximate surface area is 127 Å². The molecule has 108 valence electrons. The summed E-state index contributed by atoms with van der Waals surface area (Å²) < 4.78 is 8.73. The Hall–Kier alpha value is -0.0213. The van der Waals surface area contributed by atoms with Crippen LogP contribution in [0.25, 0.3) is 0 Å². The van der Waals surface area contributed by atoms with Crippen LogP contribution in [0.2, 0.25) is 3.93 Å². The van der Waals surface area contributed by atoms with Gasteiger partial charge in [0.15, 0.2) is 0 Å². The number of hydrogen-bond acceptors (Lipinski definition) is 1. The molecule has 1 aromatic carbocycles. The fraction of sp³-hybridized carbons (Fsp3) is 0.647. The van der Waals surface area contributed by atoms with Crippen molar-refractivity contribution in [1.29, 1.82) is 0 Å². The average Bonchev–Trinajstić information content (AvgIpc) is 2.46. The van der Waals surface area contributed by atoms with Gasteiger partial charge in [0.25, 0.3) is 0 Å². The average molecular weight is 369 g/mol. The third-order valence-electron chi connectivity index (χ3n) is 3.76. The molecule has 1 nitrogen and oxygen atoms in total. The van der Waals surface area contributed by atoms with Crippen molar-refractivity contribution in [3.8, 4) is 0 Å². The molecule has 0 amide bonds. The molecule has 0 spiro atoms. The van der Waals surface area contributed by atoms with Gasteiger partial charge in [-0.05, 0) is 0 Å². The summed E-state index contributed by atoms with van der Waals surface area (Å²) in [6.45, 7) is 7.64. The van der Waals surface area contributed by atoms with Crippen LogP contribution < -0.4 is 3.58 Å². The van der Waals surface area contributed by atoms with Crippen LogP contribution in [-0.4, -0.2) is 26.8 Å². The monoisotopic (exact) mass is 370 g/mol. The molecular formula is C17H30OSn. The molecule has 1 atom stereocenters. The molecule has 0 aliphatic carbocycles. The van der Waals surface area contributed by atoms with Gasteiger partial charge in [-0.15, -0.1) is 0 Å². The summed E-state index contributed by atoms with van der Waals surface area (Å²) in [6, 6.07) is 11.1. The molecule has 19 heavy (non-hydrogen) atoms. The Morgan fingerprint density at radius 2 is 1.53 bits per heavy atom. The molecule has 0 fully saturated rings. The molecule has 0 bridgehead atoms. The van der Waals surface area contributed by atoms with Crippen LogP contribution in [0.15, 0.2) is 30.3 Å². The van der Waals surface area contributed by atoms with E-state index in [-0.39, 0.29) is 0 Å². The van der Waals surface area contributed by atoms with Gasteiger partial charge in [0.2, 0.25) is 0 Å². The zero-order valence-corrected chi connectivity index (χ0v) is 16.2. The van der Waals surface area contributed by atoms with E-state index < -0.39 is 20.2 Å². The summed E-state index contributed by atoms with van der Waals surface area (Å²) in [5, 5.41) is 0. The molecule has 2 heteroatoms. The number of benzene rings is 1. The minimum atomic E-state index is -2.06. The minimum absolute atomic E-state index is 0.879. The molecule has 1 aromatic rings. The van der Waals surface area contributed by atoms with Crippen molar-refractivity contribution in [3.05, 3.63) is 30.3 Å². The third-order valence-corrected chi connectivity index (χ3v) is 13.1. The van der Waals surface area contributed by atoms with Crippen molar-refractivity contribution in [2.24, 2.45) is 0 Å². The summed E-state index contributed by atoms with van der Waals surface area (Å²) in [5.74, 6) is 0. The van der Waals surface area contributed by atoms with E-state index in [2.05, 4.69) is 51.1 Å². The molecule has 0 aliphatic rings. The van der Waals surface area contributed by atoms with Gasteiger partial charge in [-0.1, -0.05) is 0 Å². The van der Waals surface area contributed by atoms with Gasteiger partial charge < -0.3 is 0 Å². The Bertz CT molecular complexity index is 304. The SMILES string of the molecule is CCCC[CH](CCCC)[SnH]([O]CC)[c]1ccccc1. The first-order valence-electron chi connectivity index (χ1n) is 7.99. The third kappa shape index (κ3) is 6.31. The molecule has 0 heterocycles. The molecule has 0 saturated heterocycles. The summed E-state index contributed by atoms with van der Waals surface area (Å²) in [6.07, 6.45) is 8.10. The van der Waals surface area contributed by atoms with Gasteiger partial charge in [0.05, 0.1) is 0 Å². The quantitative estimate of drug-likeness (QED) is 0.556. The molecule has 0 saturated carbocycles. The van der Waals surface area contributed by atoms with Crippen LogP contribution in [0.5, 0.6) is 0 Å². The van der Waals surface area contributed by atoms with Crippen molar-refractivity contribution in [1.82, 2.24) is 0 Å². The fourth-order valence-corrected chi connectivity index (χ4v) is 11.4. The Kier molecular flexibility index (Phi) is 9.62. The molecule has 0 radical (unpaired) electrons. The molecule has 0 aliphatic heterocycles. The van der Waals surface area contributed by atoms with Crippen molar-refractivity contribution in [2.45, 2.75) is 63.2 Å². The molecule has 1 unspecified atom stereocenters. The van der Waals surface area contributed by atoms with E-state index in [0.717, 1.165) is 10.5 Å². The molecule has 0 N–H and O–H groups in total. The normalized spacial score (nSPS) is 12.8. The summed E-state index contributed by atoms with van der Waals surface area (Å²) in [5.41, 5.74) is 0. The molecular weight excluding hydrogens is 339 g/mol. The second kappa shape index (κ2) is 10.7. The summed E-state index contributed by atoms with van der Waals surface area (Å²) in [4.78, 5) is 0. The van der Waals surface area contributed by atoms with Gasteiger partial charge >= 0.3 is 127 Å². The summed E-state index contributed by atoms with van der Waals surface area (Å²) >= 11 is -2.06. The first-order valence-corrected chi connectivity index (χ1v) is 12.9. The van der Waals surface area contributed by atoms with E-state index in [0.29, 0.717) is 0 Å². The van der Waals surface area contributed by atoms with Crippen molar-refractivity contribution in [3.63, 3.8) is 0 Å². The van der Waals surface area contributed by atoms with Gasteiger partial charge in [-0.2, -0.15) is 0 Å². The van der Waals surface area contributed by atoms with Crippen LogP contribution in [0, 0.1) is 0 Å².